The van der Waals surface area contributed by atoms with Crippen molar-refractivity contribution in [3.05, 3.63) is 47.5 Å². The van der Waals surface area contributed by atoms with Gasteiger partial charge in [-0.15, -0.1) is 0 Å². The Morgan fingerprint density at radius 1 is 1.29 bits per heavy atom. The number of carbonyl (C=O) groups is 1. The Morgan fingerprint density at radius 3 is 2.57 bits per heavy atom. The van der Waals surface area contributed by atoms with Crippen LogP contribution in [-0.2, 0) is 0 Å². The molecular formula is C15H18F2N2O2. The van der Waals surface area contributed by atoms with Gasteiger partial charge in [0.15, 0.2) is 11.6 Å². The zero-order valence-corrected chi connectivity index (χ0v) is 11.6. The smallest absolute Gasteiger partial charge is 0.315 e. The Balaban J connectivity index is 1.90. The molecule has 1 aliphatic carbocycles. The molecule has 2 rings (SSSR count). The van der Waals surface area contributed by atoms with Crippen molar-refractivity contribution in [2.24, 2.45) is 0 Å². The molecule has 0 aromatic heterocycles. The molecular weight excluding hydrogens is 278 g/mol. The first-order valence-electron chi connectivity index (χ1n) is 6.82. The summed E-state index contributed by atoms with van der Waals surface area (Å²) in [5.41, 5.74) is 0.212. The molecule has 0 heterocycles. The number of aliphatic hydroxyl groups is 1. The number of urea groups is 1. The first kappa shape index (κ1) is 15.4. The Kier molecular flexibility index (Phi) is 4.90. The minimum atomic E-state index is -1.12. The van der Waals surface area contributed by atoms with Gasteiger partial charge in [-0.05, 0) is 37.5 Å². The van der Waals surface area contributed by atoms with Crippen LogP contribution in [-0.4, -0.2) is 23.2 Å². The maximum Gasteiger partial charge on any atom is 0.315 e. The second-order valence-electron chi connectivity index (χ2n) is 5.16. The van der Waals surface area contributed by atoms with Crippen molar-refractivity contribution in [2.75, 3.05) is 0 Å². The molecule has 0 radical (unpaired) electrons. The molecule has 1 aromatic rings. The normalized spacial score (nSPS) is 17.5. The second kappa shape index (κ2) is 6.67. The van der Waals surface area contributed by atoms with E-state index in [4.69, 9.17) is 0 Å². The molecule has 2 atom stereocenters. The molecule has 1 aliphatic rings. The van der Waals surface area contributed by atoms with E-state index in [1.807, 2.05) is 12.2 Å². The number of nitrogens with one attached hydrogen (secondary N) is 2. The third kappa shape index (κ3) is 4.01. The van der Waals surface area contributed by atoms with Crippen LogP contribution in [0.4, 0.5) is 13.6 Å². The van der Waals surface area contributed by atoms with Gasteiger partial charge in [0.2, 0.25) is 0 Å². The van der Waals surface area contributed by atoms with Gasteiger partial charge in [-0.25, -0.2) is 13.6 Å². The molecule has 2 unspecified atom stereocenters. The zero-order chi connectivity index (χ0) is 15.4. The Bertz CT molecular complexity index is 540. The van der Waals surface area contributed by atoms with Gasteiger partial charge in [0.05, 0.1) is 12.1 Å². The van der Waals surface area contributed by atoms with E-state index >= 15 is 0 Å². The highest BCUT2D eigenvalue weighted by Crippen LogP contribution is 2.19. The van der Waals surface area contributed by atoms with Crippen molar-refractivity contribution in [2.45, 2.75) is 38.0 Å². The lowest BCUT2D eigenvalue weighted by molar-refractivity contribution is 0.136. The van der Waals surface area contributed by atoms with Gasteiger partial charge in [-0.1, -0.05) is 18.2 Å². The molecule has 114 valence electrons. The zero-order valence-electron chi connectivity index (χ0n) is 11.6. The lowest BCUT2D eigenvalue weighted by Crippen LogP contribution is -2.46. The van der Waals surface area contributed by atoms with E-state index < -0.39 is 29.8 Å². The predicted octanol–water partition coefficient (Wildman–Crippen LogP) is 2.40. The van der Waals surface area contributed by atoms with Crippen LogP contribution in [0.15, 0.2) is 30.4 Å². The number of hydrogen-bond donors (Lipinski definition) is 3. The van der Waals surface area contributed by atoms with Gasteiger partial charge in [0, 0.05) is 6.04 Å². The Morgan fingerprint density at radius 2 is 1.95 bits per heavy atom. The van der Waals surface area contributed by atoms with Gasteiger partial charge < -0.3 is 15.7 Å². The summed E-state index contributed by atoms with van der Waals surface area (Å²) in [4.78, 5) is 11.8. The minimum Gasteiger partial charge on any atom is -0.386 e. The molecule has 1 aromatic carbocycles. The van der Waals surface area contributed by atoms with Crippen LogP contribution in [0.1, 0.15) is 31.4 Å². The first-order valence-corrected chi connectivity index (χ1v) is 6.82. The van der Waals surface area contributed by atoms with Crippen molar-refractivity contribution in [1.29, 1.82) is 0 Å². The number of halogens is 2. The lowest BCUT2D eigenvalue weighted by atomic mass is 10.0. The molecule has 0 spiro atoms. The molecule has 0 aliphatic heterocycles. The quantitative estimate of drug-likeness (QED) is 0.747. The summed E-state index contributed by atoms with van der Waals surface area (Å²) in [6.07, 6.45) is 4.43. The molecule has 0 fully saturated rings. The predicted molar refractivity (Wildman–Crippen MR) is 74.6 cm³/mol. The maximum atomic E-state index is 13.1. The molecule has 0 saturated heterocycles. The molecule has 3 N–H and O–H groups in total. The van der Waals surface area contributed by atoms with E-state index in [2.05, 4.69) is 10.6 Å². The highest BCUT2D eigenvalue weighted by atomic mass is 19.2. The largest absolute Gasteiger partial charge is 0.386 e. The first-order chi connectivity index (χ1) is 9.97. The van der Waals surface area contributed by atoms with Crippen LogP contribution in [0, 0.1) is 11.6 Å². The van der Waals surface area contributed by atoms with Crippen LogP contribution >= 0.6 is 0 Å². The SMILES string of the molecule is CC(NC(=O)NC1CC=CC1)C(O)c1ccc(F)c(F)c1. The van der Waals surface area contributed by atoms with E-state index in [-0.39, 0.29) is 11.6 Å². The van der Waals surface area contributed by atoms with Crippen LogP contribution < -0.4 is 10.6 Å². The number of aliphatic hydroxyl groups excluding tert-OH is 1. The van der Waals surface area contributed by atoms with Crippen molar-refractivity contribution in [3.8, 4) is 0 Å². The highest BCUT2D eigenvalue weighted by molar-refractivity contribution is 5.74. The number of hydrogen-bond acceptors (Lipinski definition) is 2. The number of amides is 2. The summed E-state index contributed by atoms with van der Waals surface area (Å²) in [6.45, 7) is 1.60. The minimum absolute atomic E-state index is 0.0672. The molecule has 21 heavy (non-hydrogen) atoms. The van der Waals surface area contributed by atoms with Gasteiger partial charge in [-0.3, -0.25) is 0 Å². The maximum absolute atomic E-state index is 13.1. The standard InChI is InChI=1S/C15H18F2N2O2/c1-9(18-15(21)19-11-4-2-3-5-11)14(20)10-6-7-12(16)13(17)8-10/h2-3,6-9,11,14,20H,4-5H2,1H3,(H2,18,19,21). The average Bonchev–Trinajstić information content (AvgIpc) is 2.93. The third-order valence-corrected chi connectivity index (χ3v) is 3.46. The van der Waals surface area contributed by atoms with E-state index in [9.17, 15) is 18.7 Å². The number of rotatable bonds is 4. The number of carbonyl (C=O) groups excluding carboxylic acids is 1. The third-order valence-electron chi connectivity index (χ3n) is 3.46. The van der Waals surface area contributed by atoms with Gasteiger partial charge in [-0.2, -0.15) is 0 Å². The fourth-order valence-corrected chi connectivity index (χ4v) is 2.23. The van der Waals surface area contributed by atoms with Gasteiger partial charge >= 0.3 is 6.03 Å². The summed E-state index contributed by atoms with van der Waals surface area (Å²) in [5, 5.41) is 15.4. The fraction of sp³-hybridized carbons (Fsp3) is 0.400. The second-order valence-corrected chi connectivity index (χ2v) is 5.16. The molecule has 4 nitrogen and oxygen atoms in total. The van der Waals surface area contributed by atoms with E-state index in [1.165, 1.54) is 6.07 Å². The van der Waals surface area contributed by atoms with Crippen molar-refractivity contribution >= 4 is 6.03 Å². The average molecular weight is 296 g/mol. The molecule has 0 bridgehead atoms. The van der Waals surface area contributed by atoms with Crippen LogP contribution in [0.5, 0.6) is 0 Å². The summed E-state index contributed by atoms with van der Waals surface area (Å²) in [5.74, 6) is -2.00. The van der Waals surface area contributed by atoms with Crippen LogP contribution in [0.2, 0.25) is 0 Å². The number of benzene rings is 1. The Labute approximate surface area is 121 Å². The molecule has 2 amide bonds. The monoisotopic (exact) mass is 296 g/mol. The lowest BCUT2D eigenvalue weighted by Gasteiger charge is -2.22. The topological polar surface area (TPSA) is 61.4 Å². The van der Waals surface area contributed by atoms with E-state index in [0.717, 1.165) is 25.0 Å². The van der Waals surface area contributed by atoms with Crippen molar-refractivity contribution < 1.29 is 18.7 Å². The van der Waals surface area contributed by atoms with Crippen LogP contribution in [0.3, 0.4) is 0 Å². The van der Waals surface area contributed by atoms with E-state index in [1.54, 1.807) is 6.92 Å². The molecule has 6 heteroatoms. The Hall–Kier alpha value is -1.95. The molecule has 0 saturated carbocycles. The summed E-state index contributed by atoms with van der Waals surface area (Å²) in [6, 6.07) is 2.21. The van der Waals surface area contributed by atoms with Crippen molar-refractivity contribution in [3.63, 3.8) is 0 Å². The summed E-state index contributed by atoms with van der Waals surface area (Å²) < 4.78 is 26.0. The van der Waals surface area contributed by atoms with E-state index in [0.29, 0.717) is 0 Å². The van der Waals surface area contributed by atoms with Crippen LogP contribution in [0.25, 0.3) is 0 Å². The van der Waals surface area contributed by atoms with Gasteiger partial charge in [0.25, 0.3) is 0 Å². The summed E-state index contributed by atoms with van der Waals surface area (Å²) in [7, 11) is 0. The van der Waals surface area contributed by atoms with Crippen molar-refractivity contribution in [1.82, 2.24) is 10.6 Å². The fourth-order valence-electron chi connectivity index (χ4n) is 2.23. The highest BCUT2D eigenvalue weighted by Gasteiger charge is 2.21. The van der Waals surface area contributed by atoms with Gasteiger partial charge in [0.1, 0.15) is 0 Å². The summed E-state index contributed by atoms with van der Waals surface area (Å²) >= 11 is 0.